The van der Waals surface area contributed by atoms with Crippen LogP contribution in [0.25, 0.3) is 0 Å². The third kappa shape index (κ3) is 1.62. The molecular weight excluding hydrogens is 162 g/mol. The van der Waals surface area contributed by atoms with Crippen LogP contribution in [0.2, 0.25) is 0 Å². The Kier molecular flexibility index (Phi) is 2.06. The number of fused-ring (bicyclic) bond motifs is 1. The van der Waals surface area contributed by atoms with Crippen molar-refractivity contribution in [1.82, 2.24) is 4.90 Å². The van der Waals surface area contributed by atoms with Gasteiger partial charge in [0, 0.05) is 25.7 Å². The van der Waals surface area contributed by atoms with E-state index in [0.717, 1.165) is 31.1 Å². The van der Waals surface area contributed by atoms with Gasteiger partial charge in [0.2, 0.25) is 0 Å². The molecule has 0 N–H and O–H groups in total. The van der Waals surface area contributed by atoms with E-state index in [1.54, 1.807) is 6.42 Å². The summed E-state index contributed by atoms with van der Waals surface area (Å²) in [5.41, 5.74) is 0. The predicted octanol–water partition coefficient (Wildman–Crippen LogP) is 1.51. The first-order chi connectivity index (χ1) is 6.43. The molecule has 2 unspecified atom stereocenters. The van der Waals surface area contributed by atoms with Gasteiger partial charge in [0.25, 0.3) is 0 Å². The molecule has 3 rings (SSSR count). The van der Waals surface area contributed by atoms with Crippen LogP contribution in [0.3, 0.4) is 0 Å². The van der Waals surface area contributed by atoms with E-state index in [1.807, 2.05) is 0 Å². The summed E-state index contributed by atoms with van der Waals surface area (Å²) in [7, 11) is 0. The molecule has 2 saturated carbocycles. The van der Waals surface area contributed by atoms with Crippen LogP contribution in [0.5, 0.6) is 0 Å². The standard InChI is InChI=1S/C11H19NO/c1-2-12(3-5-13-4-1)11-7-9-6-10(9)8-11/h9-11H,1-8H2. The summed E-state index contributed by atoms with van der Waals surface area (Å²) < 4.78 is 5.48. The first-order valence-electron chi connectivity index (χ1n) is 5.75. The van der Waals surface area contributed by atoms with Gasteiger partial charge in [0.05, 0.1) is 6.61 Å². The van der Waals surface area contributed by atoms with Crippen LogP contribution in [0.4, 0.5) is 0 Å². The van der Waals surface area contributed by atoms with Crippen molar-refractivity contribution >= 4 is 0 Å². The lowest BCUT2D eigenvalue weighted by Gasteiger charge is -2.27. The Bertz CT molecular complexity index is 177. The molecule has 0 aromatic carbocycles. The molecule has 2 aliphatic carbocycles. The summed E-state index contributed by atoms with van der Waals surface area (Å²) in [4.78, 5) is 2.68. The highest BCUT2D eigenvalue weighted by Crippen LogP contribution is 2.53. The van der Waals surface area contributed by atoms with Crippen molar-refractivity contribution in [3.8, 4) is 0 Å². The largest absolute Gasteiger partial charge is 0.380 e. The molecule has 13 heavy (non-hydrogen) atoms. The summed E-state index contributed by atoms with van der Waals surface area (Å²) >= 11 is 0. The molecule has 2 nitrogen and oxygen atoms in total. The van der Waals surface area contributed by atoms with Gasteiger partial charge in [-0.05, 0) is 37.5 Å². The van der Waals surface area contributed by atoms with E-state index in [2.05, 4.69) is 4.90 Å². The lowest BCUT2D eigenvalue weighted by molar-refractivity contribution is 0.130. The predicted molar refractivity (Wildman–Crippen MR) is 51.6 cm³/mol. The number of hydrogen-bond donors (Lipinski definition) is 0. The summed E-state index contributed by atoms with van der Waals surface area (Å²) in [5, 5.41) is 0. The summed E-state index contributed by atoms with van der Waals surface area (Å²) in [6, 6.07) is 0.922. The Hall–Kier alpha value is -0.0800. The third-order valence-corrected chi connectivity index (χ3v) is 3.99. The van der Waals surface area contributed by atoms with Gasteiger partial charge in [-0.25, -0.2) is 0 Å². The van der Waals surface area contributed by atoms with Crippen LogP contribution in [-0.4, -0.2) is 37.2 Å². The number of nitrogens with zero attached hydrogens (tertiary/aromatic N) is 1. The molecule has 2 atom stereocenters. The first kappa shape index (κ1) is 8.25. The van der Waals surface area contributed by atoms with Crippen molar-refractivity contribution in [1.29, 1.82) is 0 Å². The van der Waals surface area contributed by atoms with Gasteiger partial charge in [-0.2, -0.15) is 0 Å². The average molecular weight is 181 g/mol. The quantitative estimate of drug-likeness (QED) is 0.608. The van der Waals surface area contributed by atoms with Crippen molar-refractivity contribution in [2.24, 2.45) is 11.8 Å². The zero-order valence-corrected chi connectivity index (χ0v) is 8.24. The normalized spacial score (nSPS) is 45.7. The van der Waals surface area contributed by atoms with E-state index in [9.17, 15) is 0 Å². The molecule has 0 radical (unpaired) electrons. The van der Waals surface area contributed by atoms with Gasteiger partial charge in [0.15, 0.2) is 0 Å². The van der Waals surface area contributed by atoms with Crippen LogP contribution in [0.15, 0.2) is 0 Å². The molecule has 0 aromatic heterocycles. The third-order valence-electron chi connectivity index (χ3n) is 3.99. The van der Waals surface area contributed by atoms with E-state index < -0.39 is 0 Å². The monoisotopic (exact) mass is 181 g/mol. The summed E-state index contributed by atoms with van der Waals surface area (Å²) in [6.45, 7) is 4.41. The molecule has 0 aromatic rings. The minimum atomic E-state index is 0.922. The maximum Gasteiger partial charge on any atom is 0.0593 e. The molecule has 1 saturated heterocycles. The zero-order chi connectivity index (χ0) is 8.67. The second kappa shape index (κ2) is 3.25. The van der Waals surface area contributed by atoms with Crippen LogP contribution < -0.4 is 0 Å². The maximum absolute atomic E-state index is 5.48. The van der Waals surface area contributed by atoms with E-state index in [4.69, 9.17) is 4.74 Å². The summed E-state index contributed by atoms with van der Waals surface area (Å²) in [5.74, 6) is 2.24. The second-order valence-electron chi connectivity index (χ2n) is 4.88. The number of ether oxygens (including phenoxy) is 1. The molecule has 0 bridgehead atoms. The molecule has 3 aliphatic rings. The van der Waals surface area contributed by atoms with E-state index in [0.29, 0.717) is 0 Å². The topological polar surface area (TPSA) is 12.5 Å². The zero-order valence-electron chi connectivity index (χ0n) is 8.24. The molecule has 3 fully saturated rings. The van der Waals surface area contributed by atoms with E-state index in [1.165, 1.54) is 32.4 Å². The molecular formula is C11H19NO. The van der Waals surface area contributed by atoms with Gasteiger partial charge in [-0.1, -0.05) is 0 Å². The first-order valence-corrected chi connectivity index (χ1v) is 5.75. The lowest BCUT2D eigenvalue weighted by Crippen LogP contribution is -2.36. The molecule has 1 heterocycles. The fourth-order valence-electron chi connectivity index (χ4n) is 3.11. The summed E-state index contributed by atoms with van der Waals surface area (Å²) in [6.07, 6.45) is 5.77. The molecule has 0 amide bonds. The maximum atomic E-state index is 5.48. The van der Waals surface area contributed by atoms with Crippen LogP contribution in [0, 0.1) is 11.8 Å². The van der Waals surface area contributed by atoms with E-state index >= 15 is 0 Å². The Morgan fingerprint density at radius 1 is 0.923 bits per heavy atom. The van der Waals surface area contributed by atoms with Crippen molar-refractivity contribution in [3.63, 3.8) is 0 Å². The molecule has 0 spiro atoms. The van der Waals surface area contributed by atoms with Gasteiger partial charge in [-0.15, -0.1) is 0 Å². The van der Waals surface area contributed by atoms with Crippen LogP contribution >= 0.6 is 0 Å². The van der Waals surface area contributed by atoms with Gasteiger partial charge in [-0.3, -0.25) is 4.90 Å². The van der Waals surface area contributed by atoms with Gasteiger partial charge >= 0.3 is 0 Å². The van der Waals surface area contributed by atoms with Gasteiger partial charge in [0.1, 0.15) is 0 Å². The fraction of sp³-hybridized carbons (Fsp3) is 1.00. The van der Waals surface area contributed by atoms with Gasteiger partial charge < -0.3 is 4.74 Å². The highest BCUT2D eigenvalue weighted by atomic mass is 16.5. The highest BCUT2D eigenvalue weighted by molar-refractivity contribution is 4.99. The van der Waals surface area contributed by atoms with Crippen molar-refractivity contribution in [3.05, 3.63) is 0 Å². The van der Waals surface area contributed by atoms with Crippen LogP contribution in [0.1, 0.15) is 25.7 Å². The second-order valence-corrected chi connectivity index (χ2v) is 4.88. The smallest absolute Gasteiger partial charge is 0.0593 e. The Labute approximate surface area is 80.2 Å². The Balaban J connectivity index is 1.57. The van der Waals surface area contributed by atoms with Crippen LogP contribution in [-0.2, 0) is 4.74 Å². The fourth-order valence-corrected chi connectivity index (χ4v) is 3.11. The van der Waals surface area contributed by atoms with Crippen molar-refractivity contribution in [2.75, 3.05) is 26.3 Å². The average Bonchev–Trinajstić information content (AvgIpc) is 2.85. The SMILES string of the molecule is C1COCCN(C2CC3CC3C2)C1. The lowest BCUT2D eigenvalue weighted by atomic mass is 10.1. The number of rotatable bonds is 1. The molecule has 1 aliphatic heterocycles. The highest BCUT2D eigenvalue weighted by Gasteiger charge is 2.47. The minimum absolute atomic E-state index is 0.922. The Morgan fingerprint density at radius 3 is 2.62 bits per heavy atom. The number of hydrogen-bond acceptors (Lipinski definition) is 2. The van der Waals surface area contributed by atoms with Crippen molar-refractivity contribution < 1.29 is 4.74 Å². The van der Waals surface area contributed by atoms with E-state index in [-0.39, 0.29) is 0 Å². The minimum Gasteiger partial charge on any atom is -0.380 e. The van der Waals surface area contributed by atoms with Crippen molar-refractivity contribution in [2.45, 2.75) is 31.7 Å². The molecule has 2 heteroatoms. The molecule has 74 valence electrons. The Morgan fingerprint density at radius 2 is 1.77 bits per heavy atom.